The smallest absolute Gasteiger partial charge is 0.472 e. The Bertz CT molecular complexity index is 1370. The van der Waals surface area contributed by atoms with Gasteiger partial charge in [-0.3, -0.25) is 9.05 Å². The molecule has 0 aromatic heterocycles. The number of piperidine rings is 1. The van der Waals surface area contributed by atoms with Crippen molar-refractivity contribution in [3.8, 4) is 11.5 Å². The topological polar surface area (TPSA) is 88.5 Å². The van der Waals surface area contributed by atoms with E-state index in [2.05, 4.69) is 42.3 Å². The third-order valence-corrected chi connectivity index (χ3v) is 10.2. The number of phenols is 1. The summed E-state index contributed by atoms with van der Waals surface area (Å²) in [6.07, 6.45) is 8.93. The monoisotopic (exact) mass is 521 g/mol. The molecule has 0 amide bonds. The van der Waals surface area contributed by atoms with Gasteiger partial charge in [0, 0.05) is 22.9 Å². The van der Waals surface area contributed by atoms with E-state index in [9.17, 15) is 14.6 Å². The molecule has 1 fully saturated rings. The van der Waals surface area contributed by atoms with Crippen LogP contribution in [0.3, 0.4) is 0 Å². The van der Waals surface area contributed by atoms with E-state index in [1.165, 1.54) is 22.3 Å². The lowest BCUT2D eigenvalue weighted by molar-refractivity contribution is -0.0460. The van der Waals surface area contributed by atoms with Gasteiger partial charge in [0.2, 0.25) is 0 Å². The number of phosphoric acid groups is 1. The fourth-order valence-corrected chi connectivity index (χ4v) is 8.35. The number of aromatic hydroxyl groups is 1. The molecule has 3 aliphatic carbocycles. The van der Waals surface area contributed by atoms with Gasteiger partial charge in [-0.05, 0) is 68.5 Å². The van der Waals surface area contributed by atoms with Crippen LogP contribution >= 0.6 is 7.82 Å². The van der Waals surface area contributed by atoms with Crippen LogP contribution in [0.25, 0.3) is 0 Å². The molecular formula is C29H32NO6P. The van der Waals surface area contributed by atoms with Crippen molar-refractivity contribution < 1.29 is 28.3 Å². The average Bonchev–Trinajstić information content (AvgIpc) is 3.24. The Morgan fingerprint density at radius 3 is 2.86 bits per heavy atom. The molecule has 37 heavy (non-hydrogen) atoms. The zero-order valence-electron chi connectivity index (χ0n) is 20.9. The molecule has 6 atom stereocenters. The van der Waals surface area contributed by atoms with Gasteiger partial charge >= 0.3 is 7.82 Å². The molecule has 7 nitrogen and oxygen atoms in total. The van der Waals surface area contributed by atoms with Crippen molar-refractivity contribution in [2.45, 2.75) is 55.8 Å². The van der Waals surface area contributed by atoms with Crippen LogP contribution in [0.5, 0.6) is 11.5 Å². The Hall–Kier alpha value is -2.41. The lowest BCUT2D eigenvalue weighted by atomic mass is 9.53. The highest BCUT2D eigenvalue weighted by molar-refractivity contribution is 7.47. The molecule has 194 valence electrons. The van der Waals surface area contributed by atoms with Gasteiger partial charge in [0.1, 0.15) is 12.2 Å². The minimum Gasteiger partial charge on any atom is -0.504 e. The number of phosphoric ester groups is 1. The highest BCUT2D eigenvalue weighted by atomic mass is 31.2. The normalized spacial score (nSPS) is 32.6. The van der Waals surface area contributed by atoms with Crippen LogP contribution in [0, 0.1) is 5.92 Å². The van der Waals surface area contributed by atoms with Gasteiger partial charge in [0.25, 0.3) is 0 Å². The third kappa shape index (κ3) is 3.67. The van der Waals surface area contributed by atoms with Crippen LogP contribution in [-0.4, -0.2) is 53.3 Å². The molecule has 6 unspecified atom stereocenters. The van der Waals surface area contributed by atoms with E-state index in [-0.39, 0.29) is 18.3 Å². The summed E-state index contributed by atoms with van der Waals surface area (Å²) in [6, 6.07) is 12.4. The quantitative estimate of drug-likeness (QED) is 0.429. The maximum Gasteiger partial charge on any atom is 0.472 e. The summed E-state index contributed by atoms with van der Waals surface area (Å²) in [5.41, 5.74) is 5.68. The number of benzene rings is 2. The summed E-state index contributed by atoms with van der Waals surface area (Å²) >= 11 is 0. The Morgan fingerprint density at radius 2 is 2.00 bits per heavy atom. The van der Waals surface area contributed by atoms with Crippen LogP contribution in [0.1, 0.15) is 35.1 Å². The van der Waals surface area contributed by atoms with Crippen LogP contribution in [0.15, 0.2) is 60.2 Å². The van der Waals surface area contributed by atoms with Crippen molar-refractivity contribution in [1.29, 1.82) is 0 Å². The maximum atomic E-state index is 13.1. The Balaban J connectivity index is 1.09. The lowest BCUT2D eigenvalue weighted by Crippen LogP contribution is -2.65. The van der Waals surface area contributed by atoms with Crippen LogP contribution in [-0.2, 0) is 38.3 Å². The van der Waals surface area contributed by atoms with Crippen molar-refractivity contribution in [3.63, 3.8) is 0 Å². The number of nitrogens with zero attached hydrogens (tertiary/aromatic N) is 1. The predicted octanol–water partition coefficient (Wildman–Crippen LogP) is 4.45. The first-order valence-corrected chi connectivity index (χ1v) is 14.7. The molecule has 5 aliphatic rings. The molecule has 2 heterocycles. The fourth-order valence-electron chi connectivity index (χ4n) is 7.48. The summed E-state index contributed by atoms with van der Waals surface area (Å²) in [5, 5.41) is 10.6. The van der Waals surface area contributed by atoms with Crippen molar-refractivity contribution in [3.05, 3.63) is 82.5 Å². The predicted molar refractivity (Wildman–Crippen MR) is 139 cm³/mol. The number of allylic oxidation sites excluding steroid dienone is 1. The Kier molecular flexibility index (Phi) is 5.47. The van der Waals surface area contributed by atoms with Crippen LogP contribution in [0.4, 0.5) is 0 Å². The molecular weight excluding hydrogens is 489 g/mol. The lowest BCUT2D eigenvalue weighted by Gasteiger charge is -2.56. The standard InChI is InChI=1S/C29H32NO6P/c1-30-14-13-29-22-9-11-25(28(29)35-27-24(31)10-8-21(26(27)29)17-23(22)30)36-37(32,33)34-15-12-18-6-7-19-4-2-3-5-20(19)16-18/h2-6,8-11,22-23,25,28,31H,7,12-17H2,1H3,(H,32,33). The third-order valence-electron chi connectivity index (χ3n) is 9.21. The second-order valence-electron chi connectivity index (χ2n) is 11.1. The largest absolute Gasteiger partial charge is 0.504 e. The molecule has 2 bridgehead atoms. The summed E-state index contributed by atoms with van der Waals surface area (Å²) in [6.45, 7) is 0.997. The average molecular weight is 522 g/mol. The van der Waals surface area contributed by atoms with Gasteiger partial charge in [-0.1, -0.05) is 54.1 Å². The minimum atomic E-state index is -4.35. The summed E-state index contributed by atoms with van der Waals surface area (Å²) in [4.78, 5) is 13.1. The Morgan fingerprint density at radius 1 is 1.16 bits per heavy atom. The number of hydrogen-bond donors (Lipinski definition) is 2. The van der Waals surface area contributed by atoms with Gasteiger partial charge < -0.3 is 19.6 Å². The second-order valence-corrected chi connectivity index (χ2v) is 12.5. The fraction of sp³-hybridized carbons (Fsp3) is 0.448. The Labute approximate surface area is 217 Å². The first-order chi connectivity index (χ1) is 17.9. The number of hydrogen-bond acceptors (Lipinski definition) is 6. The first kappa shape index (κ1) is 23.7. The molecule has 2 aliphatic heterocycles. The van der Waals surface area contributed by atoms with Crippen molar-refractivity contribution in [2.75, 3.05) is 20.2 Å². The molecule has 1 spiro atoms. The van der Waals surface area contributed by atoms with Crippen molar-refractivity contribution in [2.24, 2.45) is 5.92 Å². The van der Waals surface area contributed by atoms with Gasteiger partial charge in [-0.25, -0.2) is 4.57 Å². The molecule has 0 saturated carbocycles. The maximum absolute atomic E-state index is 13.1. The van der Waals surface area contributed by atoms with Crippen molar-refractivity contribution >= 4 is 7.82 Å². The van der Waals surface area contributed by atoms with E-state index in [1.54, 1.807) is 6.07 Å². The number of likely N-dealkylation sites (tertiary alicyclic amines) is 1. The summed E-state index contributed by atoms with van der Waals surface area (Å²) in [5.74, 6) is 0.806. The number of ether oxygens (including phenoxy) is 1. The van der Waals surface area contributed by atoms with Crippen LogP contribution < -0.4 is 4.74 Å². The molecule has 2 aromatic rings. The molecule has 7 rings (SSSR count). The molecule has 2 aromatic carbocycles. The minimum absolute atomic E-state index is 0.107. The zero-order chi connectivity index (χ0) is 25.4. The van der Waals surface area contributed by atoms with E-state index in [0.29, 0.717) is 18.2 Å². The summed E-state index contributed by atoms with van der Waals surface area (Å²) < 4.78 is 30.7. The zero-order valence-corrected chi connectivity index (χ0v) is 21.8. The highest BCUT2D eigenvalue weighted by Crippen LogP contribution is 2.63. The number of likely N-dealkylation sites (N-methyl/N-ethyl adjacent to an activating group) is 1. The number of rotatable bonds is 6. The highest BCUT2D eigenvalue weighted by Gasteiger charge is 2.65. The van der Waals surface area contributed by atoms with Gasteiger partial charge in [-0.15, -0.1) is 0 Å². The molecule has 2 N–H and O–H groups in total. The SMILES string of the molecule is CN1CCC23c4c5ccc(O)c4OC2C(OP(=O)(O)OCCC2=CCc4ccccc4C2)C=CC3C1C5. The van der Waals surface area contributed by atoms with E-state index in [0.717, 1.165) is 37.8 Å². The molecule has 8 heteroatoms. The number of fused-ring (bicyclic) bond motifs is 1. The van der Waals surface area contributed by atoms with E-state index in [1.807, 2.05) is 18.2 Å². The molecule has 0 radical (unpaired) electrons. The van der Waals surface area contributed by atoms with Gasteiger partial charge in [0.05, 0.1) is 6.61 Å². The van der Waals surface area contributed by atoms with E-state index in [4.69, 9.17) is 13.8 Å². The van der Waals surface area contributed by atoms with E-state index < -0.39 is 25.4 Å². The van der Waals surface area contributed by atoms with Gasteiger partial charge in [-0.2, -0.15) is 0 Å². The van der Waals surface area contributed by atoms with Gasteiger partial charge in [0.15, 0.2) is 11.5 Å². The summed E-state index contributed by atoms with van der Waals surface area (Å²) in [7, 11) is -2.19. The molecule has 1 saturated heterocycles. The van der Waals surface area contributed by atoms with Crippen molar-refractivity contribution in [1.82, 2.24) is 4.90 Å². The number of phenolic OH excluding ortho intramolecular Hbond substituents is 1. The van der Waals surface area contributed by atoms with Crippen LogP contribution in [0.2, 0.25) is 0 Å². The first-order valence-electron chi connectivity index (χ1n) is 13.2. The second kappa shape index (κ2) is 8.55. The van der Waals surface area contributed by atoms with E-state index >= 15 is 0 Å².